The van der Waals surface area contributed by atoms with Crippen molar-refractivity contribution in [2.75, 3.05) is 6.26 Å². The molecule has 1 N–H and O–H groups in total. The lowest BCUT2D eigenvalue weighted by molar-refractivity contribution is -0.121. The molecule has 26 heavy (non-hydrogen) atoms. The molecule has 0 aromatic heterocycles. The summed E-state index contributed by atoms with van der Waals surface area (Å²) in [4.78, 5) is 24.4. The van der Waals surface area contributed by atoms with Crippen LogP contribution in [0.2, 0.25) is 5.02 Å². The maximum absolute atomic E-state index is 12.1. The predicted molar refractivity (Wildman–Crippen MR) is 101 cm³/mol. The number of sulfone groups is 1. The highest BCUT2D eigenvalue weighted by atomic mass is 35.5. The van der Waals surface area contributed by atoms with Crippen molar-refractivity contribution in [3.8, 4) is 0 Å². The number of nitrogens with one attached hydrogen (secondary N) is 1. The van der Waals surface area contributed by atoms with Crippen LogP contribution in [0.5, 0.6) is 0 Å². The molecule has 7 heteroatoms. The molecule has 2 aromatic rings. The van der Waals surface area contributed by atoms with Gasteiger partial charge in [0.2, 0.25) is 5.91 Å². The zero-order chi connectivity index (χ0) is 19.3. The fraction of sp³-hybridized carbons (Fsp3) is 0.263. The van der Waals surface area contributed by atoms with Crippen LogP contribution in [0, 0.1) is 0 Å². The first kappa shape index (κ1) is 20.1. The minimum absolute atomic E-state index is 0.0766. The molecule has 1 unspecified atom stereocenters. The summed E-state index contributed by atoms with van der Waals surface area (Å²) < 4.78 is 22.9. The number of hydrogen-bond acceptors (Lipinski definition) is 4. The van der Waals surface area contributed by atoms with Gasteiger partial charge in [-0.3, -0.25) is 9.59 Å². The van der Waals surface area contributed by atoms with E-state index in [0.29, 0.717) is 10.6 Å². The minimum atomic E-state index is -3.25. The van der Waals surface area contributed by atoms with Gasteiger partial charge in [0.05, 0.1) is 10.9 Å². The maximum atomic E-state index is 12.1. The van der Waals surface area contributed by atoms with Gasteiger partial charge in [-0.2, -0.15) is 0 Å². The summed E-state index contributed by atoms with van der Waals surface area (Å²) in [5.74, 6) is -0.367. The van der Waals surface area contributed by atoms with Gasteiger partial charge in [-0.25, -0.2) is 8.42 Å². The molecule has 0 heterocycles. The Morgan fingerprint density at radius 3 is 2.12 bits per heavy atom. The molecule has 0 bridgehead atoms. The van der Waals surface area contributed by atoms with Crippen molar-refractivity contribution in [2.24, 2.45) is 0 Å². The van der Waals surface area contributed by atoms with Gasteiger partial charge >= 0.3 is 0 Å². The summed E-state index contributed by atoms with van der Waals surface area (Å²) in [6, 6.07) is 12.6. The monoisotopic (exact) mass is 393 g/mol. The highest BCUT2D eigenvalue weighted by molar-refractivity contribution is 7.90. The molecule has 2 aromatic carbocycles. The first-order valence-electron chi connectivity index (χ1n) is 8.05. The molecular weight excluding hydrogens is 374 g/mol. The van der Waals surface area contributed by atoms with Crippen LogP contribution in [0.1, 0.15) is 41.7 Å². The van der Waals surface area contributed by atoms with Gasteiger partial charge in [-0.05, 0) is 48.9 Å². The van der Waals surface area contributed by atoms with E-state index in [1.54, 1.807) is 43.3 Å². The topological polar surface area (TPSA) is 80.3 Å². The first-order valence-corrected chi connectivity index (χ1v) is 10.3. The van der Waals surface area contributed by atoms with E-state index in [0.717, 1.165) is 11.8 Å². The van der Waals surface area contributed by atoms with Gasteiger partial charge in [0.1, 0.15) is 0 Å². The Labute approximate surface area is 158 Å². The van der Waals surface area contributed by atoms with Gasteiger partial charge in [-0.15, -0.1) is 0 Å². The molecule has 5 nitrogen and oxygen atoms in total. The van der Waals surface area contributed by atoms with E-state index < -0.39 is 9.84 Å². The van der Waals surface area contributed by atoms with E-state index in [-0.39, 0.29) is 35.5 Å². The van der Waals surface area contributed by atoms with Crippen molar-refractivity contribution in [1.29, 1.82) is 0 Å². The lowest BCUT2D eigenvalue weighted by Gasteiger charge is -2.14. The Balaban J connectivity index is 1.88. The molecule has 0 aliphatic rings. The summed E-state index contributed by atoms with van der Waals surface area (Å²) >= 11 is 5.79. The Morgan fingerprint density at radius 2 is 1.58 bits per heavy atom. The normalized spacial score (nSPS) is 12.4. The Bertz CT molecular complexity index is 890. The Kier molecular flexibility index (Phi) is 6.56. The quantitative estimate of drug-likeness (QED) is 0.729. The molecule has 0 saturated carbocycles. The van der Waals surface area contributed by atoms with E-state index >= 15 is 0 Å². The maximum Gasteiger partial charge on any atom is 0.220 e. The molecular formula is C19H20ClNO4S. The molecule has 138 valence electrons. The van der Waals surface area contributed by atoms with E-state index in [1.165, 1.54) is 12.1 Å². The largest absolute Gasteiger partial charge is 0.350 e. The second-order valence-electron chi connectivity index (χ2n) is 6.06. The zero-order valence-corrected chi connectivity index (χ0v) is 16.1. The molecule has 0 radical (unpaired) electrons. The third kappa shape index (κ3) is 5.68. The van der Waals surface area contributed by atoms with Gasteiger partial charge in [0.25, 0.3) is 0 Å². The zero-order valence-electron chi connectivity index (χ0n) is 14.5. The van der Waals surface area contributed by atoms with Crippen LogP contribution < -0.4 is 5.32 Å². The Morgan fingerprint density at radius 1 is 1.00 bits per heavy atom. The van der Waals surface area contributed by atoms with E-state index in [2.05, 4.69) is 5.32 Å². The number of Topliss-reactive ketones (excluding diaryl/α,β-unsaturated/α-hetero) is 1. The molecule has 0 aliphatic carbocycles. The fourth-order valence-corrected chi connectivity index (χ4v) is 3.16. The van der Waals surface area contributed by atoms with Crippen LogP contribution in [0.4, 0.5) is 0 Å². The number of carbonyl (C=O) groups is 2. The van der Waals surface area contributed by atoms with Crippen LogP contribution in [-0.2, 0) is 14.6 Å². The Hall–Kier alpha value is -2.18. The number of ketones is 1. The van der Waals surface area contributed by atoms with Gasteiger partial charge in [0, 0.05) is 29.7 Å². The molecule has 1 amide bonds. The molecule has 0 aliphatic heterocycles. The second-order valence-corrected chi connectivity index (χ2v) is 8.51. The van der Waals surface area contributed by atoms with E-state index in [1.807, 2.05) is 0 Å². The summed E-state index contributed by atoms with van der Waals surface area (Å²) in [6.07, 6.45) is 1.32. The van der Waals surface area contributed by atoms with Crippen LogP contribution in [0.15, 0.2) is 53.4 Å². The molecule has 2 rings (SSSR count). The van der Waals surface area contributed by atoms with Crippen molar-refractivity contribution < 1.29 is 18.0 Å². The SMILES string of the molecule is CC(NC(=O)CCC(=O)c1ccc(Cl)cc1)c1ccc(S(C)(=O)=O)cc1. The average Bonchev–Trinajstić information content (AvgIpc) is 2.59. The molecule has 0 fully saturated rings. The number of benzene rings is 2. The number of rotatable bonds is 7. The fourth-order valence-electron chi connectivity index (χ4n) is 2.41. The molecule has 0 spiro atoms. The van der Waals surface area contributed by atoms with E-state index in [4.69, 9.17) is 11.6 Å². The van der Waals surface area contributed by atoms with Crippen molar-refractivity contribution in [2.45, 2.75) is 30.7 Å². The van der Waals surface area contributed by atoms with Crippen molar-refractivity contribution in [1.82, 2.24) is 5.32 Å². The second kappa shape index (κ2) is 8.47. The van der Waals surface area contributed by atoms with Crippen LogP contribution >= 0.6 is 11.6 Å². The summed E-state index contributed by atoms with van der Waals surface area (Å²) in [5.41, 5.74) is 1.31. The number of halogens is 1. The number of carbonyl (C=O) groups excluding carboxylic acids is 2. The first-order chi connectivity index (χ1) is 12.2. The third-order valence-corrected chi connectivity index (χ3v) is 5.31. The minimum Gasteiger partial charge on any atom is -0.350 e. The highest BCUT2D eigenvalue weighted by Gasteiger charge is 2.14. The summed E-state index contributed by atoms with van der Waals surface area (Å²) in [7, 11) is -3.25. The standard InChI is InChI=1S/C19H20ClNO4S/c1-13(14-5-9-17(10-6-14)26(2,24)25)21-19(23)12-11-18(22)15-3-7-16(20)8-4-15/h3-10,13H,11-12H2,1-2H3,(H,21,23). The van der Waals surface area contributed by atoms with Crippen LogP contribution in [0.3, 0.4) is 0 Å². The summed E-state index contributed by atoms with van der Waals surface area (Å²) in [6.45, 7) is 1.80. The average molecular weight is 394 g/mol. The van der Waals surface area contributed by atoms with Gasteiger partial charge < -0.3 is 5.32 Å². The summed E-state index contributed by atoms with van der Waals surface area (Å²) in [5, 5.41) is 3.36. The lowest BCUT2D eigenvalue weighted by atomic mass is 10.1. The van der Waals surface area contributed by atoms with Crippen molar-refractivity contribution in [3.63, 3.8) is 0 Å². The predicted octanol–water partition coefficient (Wildman–Crippen LogP) is 3.58. The lowest BCUT2D eigenvalue weighted by Crippen LogP contribution is -2.27. The molecule has 1 atom stereocenters. The number of hydrogen-bond donors (Lipinski definition) is 1. The van der Waals surface area contributed by atoms with Crippen molar-refractivity contribution >= 4 is 33.1 Å². The highest BCUT2D eigenvalue weighted by Crippen LogP contribution is 2.17. The van der Waals surface area contributed by atoms with Crippen LogP contribution in [-0.4, -0.2) is 26.4 Å². The number of amides is 1. The molecule has 0 saturated heterocycles. The smallest absolute Gasteiger partial charge is 0.220 e. The van der Waals surface area contributed by atoms with Crippen molar-refractivity contribution in [3.05, 3.63) is 64.7 Å². The van der Waals surface area contributed by atoms with Gasteiger partial charge in [0.15, 0.2) is 15.6 Å². The van der Waals surface area contributed by atoms with Gasteiger partial charge in [-0.1, -0.05) is 23.7 Å². The van der Waals surface area contributed by atoms with Crippen LogP contribution in [0.25, 0.3) is 0 Å². The third-order valence-electron chi connectivity index (χ3n) is 3.93. The van der Waals surface area contributed by atoms with E-state index in [9.17, 15) is 18.0 Å².